The van der Waals surface area contributed by atoms with Crippen LogP contribution in [0.15, 0.2) is 24.3 Å². The molecule has 0 radical (unpaired) electrons. The first-order valence-electron chi connectivity index (χ1n) is 6.22. The van der Waals surface area contributed by atoms with Crippen LogP contribution in [-0.2, 0) is 6.54 Å². The maximum atomic E-state index is 12.8. The molecule has 0 saturated heterocycles. The zero-order chi connectivity index (χ0) is 14.9. The molecule has 1 heterocycles. The van der Waals surface area contributed by atoms with Gasteiger partial charge in [0.2, 0.25) is 0 Å². The summed E-state index contributed by atoms with van der Waals surface area (Å²) >= 11 is 0. The molecule has 110 valence electrons. The molecule has 2 rings (SSSR count). The first-order valence-corrected chi connectivity index (χ1v) is 6.22. The van der Waals surface area contributed by atoms with Gasteiger partial charge in [-0.05, 0) is 11.6 Å². The zero-order valence-electron chi connectivity index (χ0n) is 11.0. The second kappa shape index (κ2) is 5.32. The van der Waals surface area contributed by atoms with Crippen LogP contribution in [0.4, 0.5) is 23.7 Å². The third-order valence-electron chi connectivity index (χ3n) is 3.40. The lowest BCUT2D eigenvalue weighted by Crippen LogP contribution is -2.50. The van der Waals surface area contributed by atoms with Crippen LogP contribution in [0.3, 0.4) is 0 Å². The molecule has 0 saturated carbocycles. The monoisotopic (exact) mass is 287 g/mol. The molecule has 2 N–H and O–H groups in total. The van der Waals surface area contributed by atoms with Crippen molar-refractivity contribution in [2.24, 2.45) is 11.7 Å². The Hall–Kier alpha value is -1.76. The van der Waals surface area contributed by atoms with Crippen LogP contribution in [0, 0.1) is 5.92 Å². The first kappa shape index (κ1) is 14.6. The van der Waals surface area contributed by atoms with Crippen LogP contribution in [0.1, 0.15) is 5.56 Å². The van der Waals surface area contributed by atoms with Crippen LogP contribution in [-0.4, -0.2) is 37.2 Å². The van der Waals surface area contributed by atoms with E-state index in [-0.39, 0.29) is 0 Å². The Morgan fingerprint density at radius 2 is 2.00 bits per heavy atom. The minimum absolute atomic E-state index is 0.394. The summed E-state index contributed by atoms with van der Waals surface area (Å²) in [5, 5.41) is 0. The highest BCUT2D eigenvalue weighted by atomic mass is 19.4. The number of alkyl halides is 3. The number of para-hydroxylation sites is 1. The van der Waals surface area contributed by atoms with E-state index in [1.165, 1.54) is 4.90 Å². The summed E-state index contributed by atoms with van der Waals surface area (Å²) < 4.78 is 38.5. The summed E-state index contributed by atoms with van der Waals surface area (Å²) in [7, 11) is 1.57. The van der Waals surface area contributed by atoms with Crippen molar-refractivity contribution in [3.8, 4) is 0 Å². The van der Waals surface area contributed by atoms with E-state index in [9.17, 15) is 18.0 Å². The summed E-state index contributed by atoms with van der Waals surface area (Å²) in [6, 6.07) is 6.52. The number of benzene rings is 1. The van der Waals surface area contributed by atoms with Crippen molar-refractivity contribution < 1.29 is 18.0 Å². The normalized spacial score (nSPS) is 17.1. The number of urea groups is 1. The standard InChI is InChI=1S/C13H16F3N3O/c1-18-7-9-4-2-3-5-11(9)19(12(18)20)8-10(6-17)13(14,15)16/h2-5,10H,6-8,17H2,1H3. The third kappa shape index (κ3) is 2.72. The van der Waals surface area contributed by atoms with Crippen molar-refractivity contribution in [1.29, 1.82) is 0 Å². The Balaban J connectivity index is 2.32. The van der Waals surface area contributed by atoms with E-state index in [1.807, 2.05) is 0 Å². The highest BCUT2D eigenvalue weighted by Crippen LogP contribution is 2.32. The van der Waals surface area contributed by atoms with Gasteiger partial charge in [0, 0.05) is 26.7 Å². The summed E-state index contributed by atoms with van der Waals surface area (Å²) in [6.07, 6.45) is -4.42. The quantitative estimate of drug-likeness (QED) is 0.926. The van der Waals surface area contributed by atoms with Crippen molar-refractivity contribution in [3.63, 3.8) is 0 Å². The molecule has 0 spiro atoms. The molecule has 4 nitrogen and oxygen atoms in total. The van der Waals surface area contributed by atoms with E-state index in [2.05, 4.69) is 0 Å². The molecule has 1 aromatic carbocycles. The molecule has 1 atom stereocenters. The van der Waals surface area contributed by atoms with Gasteiger partial charge in [0.25, 0.3) is 0 Å². The maximum absolute atomic E-state index is 12.8. The smallest absolute Gasteiger partial charge is 0.330 e. The van der Waals surface area contributed by atoms with Crippen LogP contribution in [0.25, 0.3) is 0 Å². The van der Waals surface area contributed by atoms with Crippen molar-refractivity contribution in [3.05, 3.63) is 29.8 Å². The van der Waals surface area contributed by atoms with Gasteiger partial charge < -0.3 is 10.6 Å². The Kier molecular flexibility index (Phi) is 3.89. The van der Waals surface area contributed by atoms with Gasteiger partial charge in [-0.1, -0.05) is 18.2 Å². The Bertz CT molecular complexity index is 504. The molecular formula is C13H16F3N3O. The Morgan fingerprint density at radius 1 is 1.35 bits per heavy atom. The number of fused-ring (bicyclic) bond motifs is 1. The zero-order valence-corrected chi connectivity index (χ0v) is 11.0. The predicted octanol–water partition coefficient (Wildman–Crippen LogP) is 2.20. The average Bonchev–Trinajstić information content (AvgIpc) is 2.38. The predicted molar refractivity (Wildman–Crippen MR) is 69.3 cm³/mol. The van der Waals surface area contributed by atoms with E-state index >= 15 is 0 Å². The molecule has 0 fully saturated rings. The summed E-state index contributed by atoms with van der Waals surface area (Å²) in [4.78, 5) is 14.7. The van der Waals surface area contributed by atoms with Crippen molar-refractivity contribution in [2.45, 2.75) is 12.7 Å². The largest absolute Gasteiger partial charge is 0.394 e. The van der Waals surface area contributed by atoms with Crippen LogP contribution in [0.5, 0.6) is 0 Å². The molecule has 2 amide bonds. The number of halogens is 3. The van der Waals surface area contributed by atoms with Gasteiger partial charge in [-0.3, -0.25) is 4.90 Å². The molecule has 1 aromatic rings. The number of hydrogen-bond acceptors (Lipinski definition) is 2. The molecule has 0 aromatic heterocycles. The topological polar surface area (TPSA) is 49.6 Å². The van der Waals surface area contributed by atoms with Crippen molar-refractivity contribution in [1.82, 2.24) is 4.90 Å². The lowest BCUT2D eigenvalue weighted by Gasteiger charge is -2.37. The molecule has 1 aliphatic heterocycles. The number of amides is 2. The highest BCUT2D eigenvalue weighted by molar-refractivity contribution is 5.94. The summed E-state index contributed by atoms with van der Waals surface area (Å²) in [5.74, 6) is -1.73. The number of nitrogens with two attached hydrogens (primary N) is 1. The summed E-state index contributed by atoms with van der Waals surface area (Å²) in [5.41, 5.74) is 6.56. The fraction of sp³-hybridized carbons (Fsp3) is 0.462. The fourth-order valence-corrected chi connectivity index (χ4v) is 2.25. The Morgan fingerprint density at radius 3 is 2.60 bits per heavy atom. The second-order valence-corrected chi connectivity index (χ2v) is 4.85. The molecule has 0 aliphatic carbocycles. The van der Waals surface area contributed by atoms with E-state index in [4.69, 9.17) is 5.73 Å². The number of carbonyl (C=O) groups is 1. The number of rotatable bonds is 3. The second-order valence-electron chi connectivity index (χ2n) is 4.85. The lowest BCUT2D eigenvalue weighted by atomic mass is 10.1. The number of hydrogen-bond donors (Lipinski definition) is 1. The average molecular weight is 287 g/mol. The van der Waals surface area contributed by atoms with Crippen LogP contribution < -0.4 is 10.6 Å². The van der Waals surface area contributed by atoms with Gasteiger partial charge in [0.05, 0.1) is 11.6 Å². The van der Waals surface area contributed by atoms with Gasteiger partial charge >= 0.3 is 12.2 Å². The van der Waals surface area contributed by atoms with Crippen LogP contribution in [0.2, 0.25) is 0 Å². The number of nitrogens with zero attached hydrogens (tertiary/aromatic N) is 2. The van der Waals surface area contributed by atoms with E-state index in [0.29, 0.717) is 12.2 Å². The lowest BCUT2D eigenvalue weighted by molar-refractivity contribution is -0.168. The fourth-order valence-electron chi connectivity index (χ4n) is 2.25. The van der Waals surface area contributed by atoms with E-state index in [0.717, 1.165) is 10.5 Å². The van der Waals surface area contributed by atoms with Gasteiger partial charge in [0.1, 0.15) is 0 Å². The third-order valence-corrected chi connectivity index (χ3v) is 3.40. The van der Waals surface area contributed by atoms with E-state index < -0.39 is 31.2 Å². The van der Waals surface area contributed by atoms with Gasteiger partial charge in [0.15, 0.2) is 0 Å². The summed E-state index contributed by atoms with van der Waals surface area (Å²) in [6.45, 7) is -0.607. The minimum Gasteiger partial charge on any atom is -0.330 e. The number of carbonyl (C=O) groups excluding carboxylic acids is 1. The highest BCUT2D eigenvalue weighted by Gasteiger charge is 2.42. The molecule has 0 bridgehead atoms. The van der Waals surface area contributed by atoms with Crippen molar-refractivity contribution >= 4 is 11.7 Å². The molecule has 20 heavy (non-hydrogen) atoms. The SMILES string of the molecule is CN1Cc2ccccc2N(CC(CN)C(F)(F)F)C1=O. The van der Waals surface area contributed by atoms with Crippen LogP contribution >= 0.6 is 0 Å². The van der Waals surface area contributed by atoms with Gasteiger partial charge in [-0.25, -0.2) is 4.79 Å². The Labute approximate surface area is 114 Å². The number of anilines is 1. The molecule has 1 aliphatic rings. The first-order chi connectivity index (χ1) is 9.34. The maximum Gasteiger partial charge on any atom is 0.394 e. The molecule has 7 heteroatoms. The minimum atomic E-state index is -4.42. The van der Waals surface area contributed by atoms with Gasteiger partial charge in [-0.2, -0.15) is 13.2 Å². The van der Waals surface area contributed by atoms with E-state index in [1.54, 1.807) is 31.3 Å². The molecule has 1 unspecified atom stereocenters. The van der Waals surface area contributed by atoms with Crippen molar-refractivity contribution in [2.75, 3.05) is 25.0 Å². The van der Waals surface area contributed by atoms with Gasteiger partial charge in [-0.15, -0.1) is 0 Å². The molecular weight excluding hydrogens is 271 g/mol.